The Kier molecular flexibility index (Phi) is 1.92. The number of carbonyl (C=O) groups is 1. The van der Waals surface area contributed by atoms with Gasteiger partial charge in [-0.05, 0) is 6.07 Å². The minimum Gasteiger partial charge on any atom is -0.384 e. The summed E-state index contributed by atoms with van der Waals surface area (Å²) in [6.45, 7) is 0.549. The second kappa shape index (κ2) is 3.10. The zero-order chi connectivity index (χ0) is 10.1. The Morgan fingerprint density at radius 1 is 1.43 bits per heavy atom. The molecule has 1 aromatic carbocycles. The lowest BCUT2D eigenvalue weighted by Gasteiger charge is -2.15. The summed E-state index contributed by atoms with van der Waals surface area (Å²) in [6.07, 6.45) is 0.449. The average Bonchev–Trinajstić information content (AvgIpc) is 2.17. The minimum atomic E-state index is -0.471. The molecule has 1 heterocycles. The molecular weight excluding hydrogens is 184 g/mol. The van der Waals surface area contributed by atoms with Crippen molar-refractivity contribution in [3.05, 3.63) is 33.9 Å². The van der Waals surface area contributed by atoms with Gasteiger partial charge >= 0.3 is 0 Å². The van der Waals surface area contributed by atoms with E-state index in [0.29, 0.717) is 24.2 Å². The summed E-state index contributed by atoms with van der Waals surface area (Å²) in [5, 5.41) is 13.4. The fraction of sp³-hybridized carbons (Fsp3) is 0.222. The van der Waals surface area contributed by atoms with Gasteiger partial charge in [0.15, 0.2) is 5.78 Å². The molecular formula is C9H8N2O3. The molecule has 0 radical (unpaired) electrons. The molecule has 0 atom stereocenters. The van der Waals surface area contributed by atoms with Gasteiger partial charge in [0, 0.05) is 30.7 Å². The molecule has 1 aromatic rings. The van der Waals surface area contributed by atoms with E-state index in [9.17, 15) is 14.9 Å². The highest BCUT2D eigenvalue weighted by Crippen LogP contribution is 2.26. The number of non-ortho nitro benzene ring substituents is 1. The molecule has 72 valence electrons. The summed E-state index contributed by atoms with van der Waals surface area (Å²) in [5.41, 5.74) is 1.11. The third-order valence-corrected chi connectivity index (χ3v) is 2.18. The van der Waals surface area contributed by atoms with Gasteiger partial charge in [-0.25, -0.2) is 0 Å². The molecule has 0 unspecified atom stereocenters. The molecule has 1 aliphatic heterocycles. The monoisotopic (exact) mass is 192 g/mol. The third kappa shape index (κ3) is 1.32. The normalized spacial score (nSPS) is 14.4. The molecule has 1 N–H and O–H groups in total. The molecule has 2 rings (SSSR count). The Morgan fingerprint density at radius 2 is 2.21 bits per heavy atom. The highest BCUT2D eigenvalue weighted by molar-refractivity contribution is 6.03. The van der Waals surface area contributed by atoms with Crippen molar-refractivity contribution in [2.45, 2.75) is 6.42 Å². The van der Waals surface area contributed by atoms with Crippen molar-refractivity contribution < 1.29 is 9.72 Å². The van der Waals surface area contributed by atoms with Gasteiger partial charge in [-0.1, -0.05) is 0 Å². The van der Waals surface area contributed by atoms with Crippen molar-refractivity contribution in [2.75, 3.05) is 11.9 Å². The van der Waals surface area contributed by atoms with Crippen LogP contribution in [0.4, 0.5) is 11.4 Å². The first-order valence-corrected chi connectivity index (χ1v) is 4.24. The van der Waals surface area contributed by atoms with Crippen molar-refractivity contribution in [2.24, 2.45) is 0 Å². The molecule has 0 aliphatic carbocycles. The average molecular weight is 192 g/mol. The Hall–Kier alpha value is -1.91. The predicted octanol–water partition coefficient (Wildman–Crippen LogP) is 1.59. The van der Waals surface area contributed by atoms with Crippen LogP contribution < -0.4 is 5.32 Å². The van der Waals surface area contributed by atoms with Crippen LogP contribution in [-0.4, -0.2) is 17.3 Å². The summed E-state index contributed by atoms with van der Waals surface area (Å²) in [6, 6.07) is 4.25. The maximum absolute atomic E-state index is 11.4. The number of nitrogens with zero attached hydrogens (tertiary/aromatic N) is 1. The topological polar surface area (TPSA) is 72.2 Å². The summed E-state index contributed by atoms with van der Waals surface area (Å²) in [4.78, 5) is 21.3. The Morgan fingerprint density at radius 3 is 2.93 bits per heavy atom. The molecule has 0 fully saturated rings. The fourth-order valence-electron chi connectivity index (χ4n) is 1.48. The number of nitro benzene ring substituents is 1. The van der Waals surface area contributed by atoms with Gasteiger partial charge in [0.25, 0.3) is 5.69 Å². The van der Waals surface area contributed by atoms with Gasteiger partial charge in [0.2, 0.25) is 0 Å². The number of ketones is 1. The van der Waals surface area contributed by atoms with Crippen LogP contribution in [0.1, 0.15) is 16.8 Å². The van der Waals surface area contributed by atoms with E-state index >= 15 is 0 Å². The van der Waals surface area contributed by atoms with E-state index in [1.807, 2.05) is 0 Å². The van der Waals surface area contributed by atoms with Crippen LogP contribution in [0.5, 0.6) is 0 Å². The number of carbonyl (C=O) groups excluding carboxylic acids is 1. The Labute approximate surface area is 79.9 Å². The first-order chi connectivity index (χ1) is 6.68. The number of Topliss-reactive ketones (excluding diaryl/α,β-unsaturated/α-hetero) is 1. The summed E-state index contributed by atoms with van der Waals surface area (Å²) in [7, 11) is 0. The summed E-state index contributed by atoms with van der Waals surface area (Å²) in [5.74, 6) is 0.0358. The molecule has 0 saturated carbocycles. The number of anilines is 1. The number of hydrogen-bond donors (Lipinski definition) is 1. The number of fused-ring (bicyclic) bond motifs is 1. The SMILES string of the molecule is O=C1CCNc2cc([N+](=O)[O-])ccc21. The van der Waals surface area contributed by atoms with Gasteiger partial charge in [-0.15, -0.1) is 0 Å². The van der Waals surface area contributed by atoms with E-state index < -0.39 is 4.92 Å². The van der Waals surface area contributed by atoms with Crippen LogP contribution in [0.2, 0.25) is 0 Å². The lowest BCUT2D eigenvalue weighted by molar-refractivity contribution is -0.384. The predicted molar refractivity (Wildman–Crippen MR) is 50.5 cm³/mol. The Balaban J connectivity index is 2.49. The number of hydrogen-bond acceptors (Lipinski definition) is 4. The molecule has 0 amide bonds. The molecule has 1 aliphatic rings. The number of nitro groups is 1. The smallest absolute Gasteiger partial charge is 0.271 e. The highest BCUT2D eigenvalue weighted by Gasteiger charge is 2.19. The third-order valence-electron chi connectivity index (χ3n) is 2.18. The lowest BCUT2D eigenvalue weighted by atomic mass is 10.0. The number of rotatable bonds is 1. The largest absolute Gasteiger partial charge is 0.384 e. The van der Waals surface area contributed by atoms with Crippen LogP contribution >= 0.6 is 0 Å². The fourth-order valence-corrected chi connectivity index (χ4v) is 1.48. The van der Waals surface area contributed by atoms with Crippen LogP contribution in [0, 0.1) is 10.1 Å². The van der Waals surface area contributed by atoms with Crippen LogP contribution in [0.3, 0.4) is 0 Å². The zero-order valence-corrected chi connectivity index (χ0v) is 7.32. The van der Waals surface area contributed by atoms with E-state index in [0.717, 1.165) is 0 Å². The second-order valence-electron chi connectivity index (χ2n) is 3.09. The molecule has 0 bridgehead atoms. The van der Waals surface area contributed by atoms with Gasteiger partial charge in [0.1, 0.15) is 0 Å². The molecule has 5 nitrogen and oxygen atoms in total. The van der Waals surface area contributed by atoms with E-state index in [2.05, 4.69) is 5.32 Å². The number of benzene rings is 1. The molecule has 0 saturated heterocycles. The lowest BCUT2D eigenvalue weighted by Crippen LogP contribution is -2.17. The van der Waals surface area contributed by atoms with Crippen molar-refractivity contribution in [1.82, 2.24) is 0 Å². The standard InChI is InChI=1S/C9H8N2O3/c12-9-3-4-10-8-5-6(11(13)14)1-2-7(8)9/h1-2,5,10H,3-4H2. The van der Waals surface area contributed by atoms with E-state index in [1.54, 1.807) is 0 Å². The molecule has 5 heteroatoms. The van der Waals surface area contributed by atoms with Gasteiger partial charge in [-0.2, -0.15) is 0 Å². The van der Waals surface area contributed by atoms with E-state index in [1.165, 1.54) is 18.2 Å². The van der Waals surface area contributed by atoms with Crippen molar-refractivity contribution in [1.29, 1.82) is 0 Å². The van der Waals surface area contributed by atoms with Gasteiger partial charge in [-0.3, -0.25) is 14.9 Å². The Bertz CT molecular complexity index is 415. The van der Waals surface area contributed by atoms with Crippen LogP contribution in [-0.2, 0) is 0 Å². The van der Waals surface area contributed by atoms with Crippen molar-refractivity contribution >= 4 is 17.2 Å². The maximum Gasteiger partial charge on any atom is 0.271 e. The zero-order valence-electron chi connectivity index (χ0n) is 7.32. The highest BCUT2D eigenvalue weighted by atomic mass is 16.6. The van der Waals surface area contributed by atoms with E-state index in [4.69, 9.17) is 0 Å². The molecule has 14 heavy (non-hydrogen) atoms. The molecule has 0 aromatic heterocycles. The van der Waals surface area contributed by atoms with Crippen molar-refractivity contribution in [3.63, 3.8) is 0 Å². The number of nitrogens with one attached hydrogen (secondary N) is 1. The van der Waals surface area contributed by atoms with Gasteiger partial charge < -0.3 is 5.32 Å². The molecule has 0 spiro atoms. The summed E-state index contributed by atoms with van der Waals surface area (Å²) < 4.78 is 0. The summed E-state index contributed by atoms with van der Waals surface area (Å²) >= 11 is 0. The quantitative estimate of drug-likeness (QED) is 0.541. The first kappa shape index (κ1) is 8.68. The van der Waals surface area contributed by atoms with Gasteiger partial charge in [0.05, 0.1) is 10.6 Å². The van der Waals surface area contributed by atoms with Crippen LogP contribution in [0.25, 0.3) is 0 Å². The first-order valence-electron chi connectivity index (χ1n) is 4.24. The minimum absolute atomic E-state index is 0.00551. The van der Waals surface area contributed by atoms with Crippen LogP contribution in [0.15, 0.2) is 18.2 Å². The van der Waals surface area contributed by atoms with Crippen molar-refractivity contribution in [3.8, 4) is 0 Å². The second-order valence-corrected chi connectivity index (χ2v) is 3.09. The van der Waals surface area contributed by atoms with E-state index in [-0.39, 0.29) is 11.5 Å². The maximum atomic E-state index is 11.4.